The Labute approximate surface area is 132 Å². The van der Waals surface area contributed by atoms with Crippen LogP contribution in [-0.2, 0) is 16.1 Å². The predicted octanol–water partition coefficient (Wildman–Crippen LogP) is 2.10. The summed E-state index contributed by atoms with van der Waals surface area (Å²) in [7, 11) is 0. The van der Waals surface area contributed by atoms with Crippen molar-refractivity contribution in [1.29, 1.82) is 0 Å². The lowest BCUT2D eigenvalue weighted by Crippen LogP contribution is -2.27. The number of nitrogens with one attached hydrogen (secondary N) is 1. The van der Waals surface area contributed by atoms with Gasteiger partial charge >= 0.3 is 12.0 Å². The summed E-state index contributed by atoms with van der Waals surface area (Å²) in [4.78, 5) is 36.1. The Morgan fingerprint density at radius 2 is 1.74 bits per heavy atom. The number of hydrogen-bond acceptors (Lipinski definition) is 4. The number of anilines is 1. The first-order valence-corrected chi connectivity index (χ1v) is 7.06. The second kappa shape index (κ2) is 6.31. The van der Waals surface area contributed by atoms with Crippen LogP contribution in [0.15, 0.2) is 54.6 Å². The molecule has 3 amide bonds. The van der Waals surface area contributed by atoms with Gasteiger partial charge in [-0.1, -0.05) is 30.3 Å². The lowest BCUT2D eigenvalue weighted by molar-refractivity contribution is -0.117. The minimum absolute atomic E-state index is 0.0172. The van der Waals surface area contributed by atoms with Gasteiger partial charge < -0.3 is 4.74 Å². The Kier molecular flexibility index (Phi) is 4.05. The van der Waals surface area contributed by atoms with E-state index in [0.717, 1.165) is 5.56 Å². The molecule has 1 aliphatic heterocycles. The van der Waals surface area contributed by atoms with Gasteiger partial charge in [-0.3, -0.25) is 15.0 Å². The third kappa shape index (κ3) is 3.37. The molecule has 1 aliphatic rings. The highest BCUT2D eigenvalue weighted by Crippen LogP contribution is 2.18. The highest BCUT2D eigenvalue weighted by atomic mass is 16.5. The number of urea groups is 1. The molecule has 1 heterocycles. The number of imide groups is 1. The van der Waals surface area contributed by atoms with Crippen LogP contribution in [0.4, 0.5) is 10.5 Å². The predicted molar refractivity (Wildman–Crippen MR) is 82.9 cm³/mol. The maximum Gasteiger partial charge on any atom is 0.338 e. The molecule has 2 aromatic carbocycles. The minimum Gasteiger partial charge on any atom is -0.457 e. The van der Waals surface area contributed by atoms with Crippen LogP contribution in [-0.4, -0.2) is 24.5 Å². The van der Waals surface area contributed by atoms with Crippen molar-refractivity contribution in [2.24, 2.45) is 0 Å². The number of benzene rings is 2. The SMILES string of the molecule is O=C1CN(c2ccc(C(=O)OCc3ccccc3)cc2)C(=O)N1. The second-order valence-corrected chi connectivity index (χ2v) is 5.05. The van der Waals surface area contributed by atoms with E-state index in [9.17, 15) is 14.4 Å². The van der Waals surface area contributed by atoms with Crippen molar-refractivity contribution in [2.75, 3.05) is 11.4 Å². The summed E-state index contributed by atoms with van der Waals surface area (Å²) >= 11 is 0. The summed E-state index contributed by atoms with van der Waals surface area (Å²) in [5.74, 6) is -0.788. The number of carbonyl (C=O) groups excluding carboxylic acids is 3. The molecule has 0 atom stereocenters. The average molecular weight is 310 g/mol. The summed E-state index contributed by atoms with van der Waals surface area (Å²) < 4.78 is 5.23. The standard InChI is InChI=1S/C17H14N2O4/c20-15-10-19(17(22)18-15)14-8-6-13(7-9-14)16(21)23-11-12-4-2-1-3-5-12/h1-9H,10-11H2,(H,18,20,22). The number of carbonyl (C=O) groups is 3. The number of rotatable bonds is 4. The van der Waals surface area contributed by atoms with Crippen molar-refractivity contribution >= 4 is 23.6 Å². The van der Waals surface area contributed by atoms with Crippen LogP contribution < -0.4 is 10.2 Å². The normalized spacial score (nSPS) is 13.8. The fourth-order valence-corrected chi connectivity index (χ4v) is 2.23. The Hall–Kier alpha value is -3.15. The third-order valence-electron chi connectivity index (χ3n) is 3.42. The molecule has 23 heavy (non-hydrogen) atoms. The van der Waals surface area contributed by atoms with Crippen molar-refractivity contribution in [3.63, 3.8) is 0 Å². The molecule has 3 rings (SSSR count). The zero-order valence-electron chi connectivity index (χ0n) is 12.2. The van der Waals surface area contributed by atoms with Gasteiger partial charge in [0, 0.05) is 5.69 Å². The Balaban J connectivity index is 1.64. The van der Waals surface area contributed by atoms with Crippen LogP contribution >= 0.6 is 0 Å². The van der Waals surface area contributed by atoms with Gasteiger partial charge in [-0.2, -0.15) is 0 Å². The molecule has 1 saturated heterocycles. The molecule has 1 N–H and O–H groups in total. The van der Waals surface area contributed by atoms with Crippen molar-refractivity contribution in [1.82, 2.24) is 5.32 Å². The topological polar surface area (TPSA) is 75.7 Å². The van der Waals surface area contributed by atoms with Crippen LogP contribution in [0.2, 0.25) is 0 Å². The first-order chi connectivity index (χ1) is 11.1. The van der Waals surface area contributed by atoms with E-state index in [1.54, 1.807) is 24.3 Å². The molecule has 0 radical (unpaired) electrons. The van der Waals surface area contributed by atoms with Crippen molar-refractivity contribution in [3.8, 4) is 0 Å². The van der Waals surface area contributed by atoms with E-state index in [1.165, 1.54) is 4.90 Å². The van der Waals surface area contributed by atoms with E-state index in [2.05, 4.69) is 5.32 Å². The number of nitrogens with zero attached hydrogens (tertiary/aromatic N) is 1. The molecule has 0 aliphatic carbocycles. The van der Waals surface area contributed by atoms with E-state index in [4.69, 9.17) is 4.74 Å². The first-order valence-electron chi connectivity index (χ1n) is 7.06. The molecule has 2 aromatic rings. The van der Waals surface area contributed by atoms with Gasteiger partial charge in [-0.15, -0.1) is 0 Å². The van der Waals surface area contributed by atoms with Crippen molar-refractivity contribution in [2.45, 2.75) is 6.61 Å². The maximum atomic E-state index is 12.0. The average Bonchev–Trinajstić information content (AvgIpc) is 2.92. The van der Waals surface area contributed by atoms with Gasteiger partial charge in [0.15, 0.2) is 0 Å². The zero-order valence-corrected chi connectivity index (χ0v) is 12.2. The minimum atomic E-state index is -0.464. The monoisotopic (exact) mass is 310 g/mol. The van der Waals surface area contributed by atoms with E-state index >= 15 is 0 Å². The summed E-state index contributed by atoms with van der Waals surface area (Å²) in [6, 6.07) is 15.3. The molecule has 0 unspecified atom stereocenters. The lowest BCUT2D eigenvalue weighted by Gasteiger charge is -2.13. The Morgan fingerprint density at radius 1 is 1.04 bits per heavy atom. The van der Waals surface area contributed by atoms with E-state index in [-0.39, 0.29) is 19.1 Å². The molecule has 6 nitrogen and oxygen atoms in total. The Morgan fingerprint density at radius 3 is 2.35 bits per heavy atom. The molecule has 0 saturated carbocycles. The number of hydrogen-bond donors (Lipinski definition) is 1. The summed E-state index contributed by atoms with van der Waals surface area (Å²) in [5, 5.41) is 2.20. The van der Waals surface area contributed by atoms with Crippen LogP contribution in [0.3, 0.4) is 0 Å². The van der Waals surface area contributed by atoms with E-state index in [0.29, 0.717) is 11.3 Å². The molecule has 0 bridgehead atoms. The van der Waals surface area contributed by atoms with Crippen LogP contribution in [0, 0.1) is 0 Å². The van der Waals surface area contributed by atoms with Crippen LogP contribution in [0.5, 0.6) is 0 Å². The molecule has 0 spiro atoms. The smallest absolute Gasteiger partial charge is 0.338 e. The largest absolute Gasteiger partial charge is 0.457 e. The van der Waals surface area contributed by atoms with Gasteiger partial charge in [0.25, 0.3) is 0 Å². The molecule has 0 aromatic heterocycles. The van der Waals surface area contributed by atoms with Crippen LogP contribution in [0.25, 0.3) is 0 Å². The van der Waals surface area contributed by atoms with Gasteiger partial charge in [0.05, 0.1) is 5.56 Å². The molecule has 116 valence electrons. The zero-order chi connectivity index (χ0) is 16.2. The fraction of sp³-hybridized carbons (Fsp3) is 0.118. The number of ether oxygens (including phenoxy) is 1. The third-order valence-corrected chi connectivity index (χ3v) is 3.42. The Bertz CT molecular complexity index is 741. The van der Waals surface area contributed by atoms with E-state index in [1.807, 2.05) is 30.3 Å². The van der Waals surface area contributed by atoms with Gasteiger partial charge in [0.2, 0.25) is 5.91 Å². The quantitative estimate of drug-likeness (QED) is 0.693. The molecular formula is C17H14N2O4. The first kappa shape index (κ1) is 14.8. The second-order valence-electron chi connectivity index (χ2n) is 5.05. The molecule has 1 fully saturated rings. The van der Waals surface area contributed by atoms with Crippen LogP contribution in [0.1, 0.15) is 15.9 Å². The lowest BCUT2D eigenvalue weighted by atomic mass is 10.2. The van der Waals surface area contributed by atoms with E-state index < -0.39 is 12.0 Å². The van der Waals surface area contributed by atoms with Crippen molar-refractivity contribution in [3.05, 3.63) is 65.7 Å². The highest BCUT2D eigenvalue weighted by molar-refractivity contribution is 6.12. The molecular weight excluding hydrogens is 296 g/mol. The fourth-order valence-electron chi connectivity index (χ4n) is 2.23. The van der Waals surface area contributed by atoms with Crippen molar-refractivity contribution < 1.29 is 19.1 Å². The number of esters is 1. The maximum absolute atomic E-state index is 12.0. The summed E-state index contributed by atoms with van der Waals surface area (Å²) in [6.07, 6.45) is 0. The summed E-state index contributed by atoms with van der Waals surface area (Å²) in [6.45, 7) is 0.182. The van der Waals surface area contributed by atoms with Gasteiger partial charge in [0.1, 0.15) is 13.2 Å². The highest BCUT2D eigenvalue weighted by Gasteiger charge is 2.27. The van der Waals surface area contributed by atoms with Gasteiger partial charge in [-0.25, -0.2) is 9.59 Å². The molecule has 6 heteroatoms. The summed E-state index contributed by atoms with van der Waals surface area (Å²) in [5.41, 5.74) is 1.84. The van der Waals surface area contributed by atoms with Gasteiger partial charge in [-0.05, 0) is 29.8 Å². The number of amides is 3.